The van der Waals surface area contributed by atoms with E-state index < -0.39 is 10.0 Å². The first-order valence-corrected chi connectivity index (χ1v) is 7.41. The summed E-state index contributed by atoms with van der Waals surface area (Å²) in [4.78, 5) is 15.4. The van der Waals surface area contributed by atoms with Crippen molar-refractivity contribution in [1.29, 1.82) is 0 Å². The quantitative estimate of drug-likeness (QED) is 0.773. The molecule has 0 aromatic carbocycles. The molecule has 0 aliphatic carbocycles. The highest BCUT2D eigenvalue weighted by atomic mass is 32.2. The molecule has 1 rings (SSSR count). The number of carbonyl (C=O) groups is 1. The van der Waals surface area contributed by atoms with Crippen molar-refractivity contribution in [2.75, 3.05) is 12.8 Å². The van der Waals surface area contributed by atoms with E-state index in [2.05, 4.69) is 15.0 Å². The second-order valence-electron chi connectivity index (χ2n) is 3.99. The maximum atomic E-state index is 11.6. The Morgan fingerprint density at radius 3 is 2.56 bits per heavy atom. The molecule has 0 aliphatic heterocycles. The van der Waals surface area contributed by atoms with Gasteiger partial charge in [0.2, 0.25) is 15.9 Å². The van der Waals surface area contributed by atoms with E-state index in [1.54, 1.807) is 12.4 Å². The van der Waals surface area contributed by atoms with Crippen molar-refractivity contribution in [3.8, 4) is 0 Å². The molecule has 0 radical (unpaired) electrons. The fourth-order valence-electron chi connectivity index (χ4n) is 1.40. The number of nitrogens with one attached hydrogen (secondary N) is 2. The smallest absolute Gasteiger partial charge is 0.221 e. The minimum atomic E-state index is -3.24. The van der Waals surface area contributed by atoms with Crippen LogP contribution in [0.15, 0.2) is 24.5 Å². The van der Waals surface area contributed by atoms with Gasteiger partial charge >= 0.3 is 0 Å². The maximum absolute atomic E-state index is 11.6. The van der Waals surface area contributed by atoms with Crippen molar-refractivity contribution in [1.82, 2.24) is 15.0 Å². The highest BCUT2D eigenvalue weighted by molar-refractivity contribution is 7.88. The second-order valence-corrected chi connectivity index (χ2v) is 5.82. The predicted molar refractivity (Wildman–Crippen MR) is 68.3 cm³/mol. The van der Waals surface area contributed by atoms with E-state index in [0.29, 0.717) is 0 Å². The van der Waals surface area contributed by atoms with Crippen molar-refractivity contribution >= 4 is 15.9 Å². The molecule has 2 N–H and O–H groups in total. The molecule has 18 heavy (non-hydrogen) atoms. The lowest BCUT2D eigenvalue weighted by Crippen LogP contribution is -2.31. The van der Waals surface area contributed by atoms with Crippen molar-refractivity contribution in [2.45, 2.75) is 19.4 Å². The zero-order valence-electron chi connectivity index (χ0n) is 10.4. The molecule has 7 heteroatoms. The lowest BCUT2D eigenvalue weighted by Gasteiger charge is -2.13. The third kappa shape index (κ3) is 5.74. The van der Waals surface area contributed by atoms with Gasteiger partial charge in [-0.2, -0.15) is 0 Å². The standard InChI is InChI=1S/C11H17N3O3S/c1-9(10-3-6-12-7-4-10)14-11(15)5-8-13-18(2,16)17/h3-4,6-7,9,13H,5,8H2,1-2H3,(H,14,15)/t9-/m0/s1. The molecule has 1 heterocycles. The van der Waals surface area contributed by atoms with Gasteiger partial charge in [-0.25, -0.2) is 13.1 Å². The van der Waals surface area contributed by atoms with Gasteiger partial charge in [-0.15, -0.1) is 0 Å². The molecule has 0 aliphatic rings. The minimum absolute atomic E-state index is 0.105. The summed E-state index contributed by atoms with van der Waals surface area (Å²) in [6.07, 6.45) is 4.49. The third-order valence-electron chi connectivity index (χ3n) is 2.30. The van der Waals surface area contributed by atoms with Gasteiger partial charge in [-0.05, 0) is 24.6 Å². The third-order valence-corrected chi connectivity index (χ3v) is 3.03. The molecule has 0 fully saturated rings. The Labute approximate surface area is 107 Å². The number of aromatic nitrogens is 1. The SMILES string of the molecule is C[C@H](NC(=O)CCNS(C)(=O)=O)c1ccncc1. The number of hydrogen-bond acceptors (Lipinski definition) is 4. The Hall–Kier alpha value is -1.47. The Bertz CT molecular complexity index is 488. The van der Waals surface area contributed by atoms with Crippen LogP contribution in [-0.2, 0) is 14.8 Å². The Morgan fingerprint density at radius 1 is 1.39 bits per heavy atom. The van der Waals surface area contributed by atoms with Crippen LogP contribution in [0.5, 0.6) is 0 Å². The average Bonchev–Trinajstić information content (AvgIpc) is 2.28. The van der Waals surface area contributed by atoms with Gasteiger partial charge in [0.15, 0.2) is 0 Å². The van der Waals surface area contributed by atoms with E-state index >= 15 is 0 Å². The molecule has 0 saturated carbocycles. The number of pyridine rings is 1. The van der Waals surface area contributed by atoms with Crippen LogP contribution in [0.2, 0.25) is 0 Å². The summed E-state index contributed by atoms with van der Waals surface area (Å²) in [5.41, 5.74) is 0.953. The molecule has 0 bridgehead atoms. The minimum Gasteiger partial charge on any atom is -0.350 e. The first-order chi connectivity index (χ1) is 8.38. The molecule has 0 saturated heterocycles. The van der Waals surface area contributed by atoms with Crippen molar-refractivity contribution < 1.29 is 13.2 Å². The second kappa shape index (κ2) is 6.46. The fourth-order valence-corrected chi connectivity index (χ4v) is 1.87. The highest BCUT2D eigenvalue weighted by Crippen LogP contribution is 2.09. The van der Waals surface area contributed by atoms with Crippen LogP contribution >= 0.6 is 0 Å². The van der Waals surface area contributed by atoms with Crippen molar-refractivity contribution in [3.05, 3.63) is 30.1 Å². The summed E-state index contributed by atoms with van der Waals surface area (Å²) in [7, 11) is -3.24. The molecular formula is C11H17N3O3S. The number of rotatable bonds is 6. The van der Waals surface area contributed by atoms with Gasteiger partial charge < -0.3 is 5.32 Å². The monoisotopic (exact) mass is 271 g/mol. The van der Waals surface area contributed by atoms with Gasteiger partial charge in [0.1, 0.15) is 0 Å². The normalized spacial score (nSPS) is 13.0. The Balaban J connectivity index is 2.37. The van der Waals surface area contributed by atoms with Gasteiger partial charge in [0.25, 0.3) is 0 Å². The van der Waals surface area contributed by atoms with E-state index in [4.69, 9.17) is 0 Å². The number of amides is 1. The van der Waals surface area contributed by atoms with Crippen molar-refractivity contribution in [2.24, 2.45) is 0 Å². The van der Waals surface area contributed by atoms with Crippen LogP contribution in [0, 0.1) is 0 Å². The van der Waals surface area contributed by atoms with Crippen molar-refractivity contribution in [3.63, 3.8) is 0 Å². The fraction of sp³-hybridized carbons (Fsp3) is 0.455. The molecule has 1 aromatic heterocycles. The largest absolute Gasteiger partial charge is 0.350 e. The van der Waals surface area contributed by atoms with Crippen LogP contribution in [0.4, 0.5) is 0 Å². The molecule has 0 unspecified atom stereocenters. The highest BCUT2D eigenvalue weighted by Gasteiger charge is 2.09. The number of carbonyl (C=O) groups excluding carboxylic acids is 1. The number of hydrogen-bond donors (Lipinski definition) is 2. The van der Waals surface area contributed by atoms with Crippen LogP contribution in [0.25, 0.3) is 0 Å². The van der Waals surface area contributed by atoms with Crippen LogP contribution < -0.4 is 10.0 Å². The summed E-state index contributed by atoms with van der Waals surface area (Å²) in [5, 5.41) is 2.78. The van der Waals surface area contributed by atoms with Crippen LogP contribution in [0.1, 0.15) is 24.9 Å². The average molecular weight is 271 g/mol. The summed E-state index contributed by atoms with van der Waals surface area (Å²) in [6, 6.07) is 3.51. The number of nitrogens with zero attached hydrogens (tertiary/aromatic N) is 1. The lowest BCUT2D eigenvalue weighted by atomic mass is 10.1. The number of sulfonamides is 1. The lowest BCUT2D eigenvalue weighted by molar-refractivity contribution is -0.121. The van der Waals surface area contributed by atoms with Crippen LogP contribution in [-0.4, -0.2) is 32.1 Å². The first-order valence-electron chi connectivity index (χ1n) is 5.52. The van der Waals surface area contributed by atoms with E-state index in [1.165, 1.54) is 0 Å². The predicted octanol–water partition coefficient (Wildman–Crippen LogP) is 0.198. The Kier molecular flexibility index (Phi) is 5.24. The molecule has 0 spiro atoms. The van der Waals surface area contributed by atoms with E-state index in [9.17, 15) is 13.2 Å². The van der Waals surface area contributed by atoms with Gasteiger partial charge in [0, 0.05) is 25.4 Å². The molecule has 6 nitrogen and oxygen atoms in total. The van der Waals surface area contributed by atoms with Gasteiger partial charge in [-0.3, -0.25) is 9.78 Å². The summed E-state index contributed by atoms with van der Waals surface area (Å²) in [6.45, 7) is 1.96. The topological polar surface area (TPSA) is 88.2 Å². The molecular weight excluding hydrogens is 254 g/mol. The van der Waals surface area contributed by atoms with E-state index in [0.717, 1.165) is 11.8 Å². The first kappa shape index (κ1) is 14.6. The molecule has 1 aromatic rings. The Morgan fingerprint density at radius 2 is 2.00 bits per heavy atom. The molecule has 100 valence electrons. The van der Waals surface area contributed by atoms with E-state index in [-0.39, 0.29) is 24.9 Å². The summed E-state index contributed by atoms with van der Waals surface area (Å²) in [5.74, 6) is -0.199. The van der Waals surface area contributed by atoms with E-state index in [1.807, 2.05) is 19.1 Å². The zero-order chi connectivity index (χ0) is 13.6. The molecule has 1 amide bonds. The zero-order valence-corrected chi connectivity index (χ0v) is 11.2. The molecule has 1 atom stereocenters. The van der Waals surface area contributed by atoms with Gasteiger partial charge in [0.05, 0.1) is 12.3 Å². The summed E-state index contributed by atoms with van der Waals surface area (Å²) < 4.78 is 23.9. The van der Waals surface area contributed by atoms with Crippen LogP contribution in [0.3, 0.4) is 0 Å². The maximum Gasteiger partial charge on any atom is 0.221 e. The summed E-state index contributed by atoms with van der Waals surface area (Å²) >= 11 is 0. The van der Waals surface area contributed by atoms with Gasteiger partial charge in [-0.1, -0.05) is 0 Å².